The number of methoxy groups -OCH3 is 1. The number of ether oxygens (including phenoxy) is 1. The number of hydrogen-bond acceptors (Lipinski definition) is 6. The minimum Gasteiger partial charge on any atom is -0.383 e. The van der Waals surface area contributed by atoms with Crippen LogP contribution in [0.3, 0.4) is 0 Å². The van der Waals surface area contributed by atoms with Gasteiger partial charge in [-0.15, -0.1) is 0 Å². The van der Waals surface area contributed by atoms with Crippen LogP contribution in [0.25, 0.3) is 0 Å². The fourth-order valence-corrected chi connectivity index (χ4v) is 2.38. The average molecular weight is 268 g/mol. The standard InChI is InChI=1S/C12H20N4OS/c1-17-10-9-15-5-7-16(8-6-15)11-3-4-13-12(14-11)18-2/h3-4H,5-10H2,1-2H3. The Labute approximate surface area is 113 Å². The Morgan fingerprint density at radius 3 is 2.78 bits per heavy atom. The zero-order valence-electron chi connectivity index (χ0n) is 11.0. The van der Waals surface area contributed by atoms with Gasteiger partial charge < -0.3 is 9.64 Å². The van der Waals surface area contributed by atoms with Gasteiger partial charge in [0.05, 0.1) is 6.61 Å². The van der Waals surface area contributed by atoms with E-state index in [4.69, 9.17) is 4.74 Å². The van der Waals surface area contributed by atoms with Crippen molar-refractivity contribution >= 4 is 17.6 Å². The highest BCUT2D eigenvalue weighted by Gasteiger charge is 2.17. The quantitative estimate of drug-likeness (QED) is 0.585. The predicted molar refractivity (Wildman–Crippen MR) is 74.3 cm³/mol. The van der Waals surface area contributed by atoms with Gasteiger partial charge >= 0.3 is 0 Å². The van der Waals surface area contributed by atoms with Gasteiger partial charge in [-0.3, -0.25) is 4.90 Å². The normalized spacial score (nSPS) is 17.1. The third kappa shape index (κ3) is 3.57. The number of hydrogen-bond donors (Lipinski definition) is 0. The minimum absolute atomic E-state index is 0.810. The van der Waals surface area contributed by atoms with E-state index in [2.05, 4.69) is 19.8 Å². The molecule has 0 saturated carbocycles. The summed E-state index contributed by atoms with van der Waals surface area (Å²) in [5.41, 5.74) is 0. The number of rotatable bonds is 5. The highest BCUT2D eigenvalue weighted by atomic mass is 32.2. The van der Waals surface area contributed by atoms with Gasteiger partial charge in [-0.1, -0.05) is 11.8 Å². The first kappa shape index (κ1) is 13.6. The molecule has 1 aromatic heterocycles. The lowest BCUT2D eigenvalue weighted by molar-refractivity contribution is 0.144. The van der Waals surface area contributed by atoms with Crippen molar-refractivity contribution in [3.05, 3.63) is 12.3 Å². The maximum Gasteiger partial charge on any atom is 0.189 e. The summed E-state index contributed by atoms with van der Waals surface area (Å²) in [6, 6.07) is 1.99. The van der Waals surface area contributed by atoms with Crippen LogP contribution < -0.4 is 4.90 Å². The van der Waals surface area contributed by atoms with E-state index in [1.807, 2.05) is 18.5 Å². The molecule has 0 N–H and O–H groups in total. The van der Waals surface area contributed by atoms with Gasteiger partial charge in [-0.25, -0.2) is 9.97 Å². The van der Waals surface area contributed by atoms with E-state index in [1.165, 1.54) is 0 Å². The summed E-state index contributed by atoms with van der Waals surface area (Å²) in [5, 5.41) is 0.842. The molecule has 1 aliphatic rings. The lowest BCUT2D eigenvalue weighted by Crippen LogP contribution is -2.47. The van der Waals surface area contributed by atoms with Crippen LogP contribution in [0.2, 0.25) is 0 Å². The maximum atomic E-state index is 5.11. The third-order valence-electron chi connectivity index (χ3n) is 3.11. The van der Waals surface area contributed by atoms with Gasteiger partial charge in [0.25, 0.3) is 0 Å². The van der Waals surface area contributed by atoms with Crippen LogP contribution in [0, 0.1) is 0 Å². The van der Waals surface area contributed by atoms with Crippen LogP contribution in [0.5, 0.6) is 0 Å². The van der Waals surface area contributed by atoms with Gasteiger partial charge in [-0.05, 0) is 12.3 Å². The Morgan fingerprint density at radius 2 is 2.11 bits per heavy atom. The topological polar surface area (TPSA) is 41.5 Å². The zero-order chi connectivity index (χ0) is 12.8. The first-order valence-electron chi connectivity index (χ1n) is 6.17. The smallest absolute Gasteiger partial charge is 0.189 e. The number of anilines is 1. The molecule has 0 amide bonds. The molecule has 18 heavy (non-hydrogen) atoms. The van der Waals surface area contributed by atoms with Crippen molar-refractivity contribution in [3.63, 3.8) is 0 Å². The Balaban J connectivity index is 1.88. The van der Waals surface area contributed by atoms with Crippen LogP contribution in [0.15, 0.2) is 17.4 Å². The van der Waals surface area contributed by atoms with Gasteiger partial charge in [0.2, 0.25) is 0 Å². The zero-order valence-corrected chi connectivity index (χ0v) is 11.8. The van der Waals surface area contributed by atoms with Crippen molar-refractivity contribution < 1.29 is 4.74 Å². The largest absolute Gasteiger partial charge is 0.383 e. The maximum absolute atomic E-state index is 5.11. The summed E-state index contributed by atoms with van der Waals surface area (Å²) in [6.07, 6.45) is 3.84. The molecule has 6 heteroatoms. The van der Waals surface area contributed by atoms with Crippen molar-refractivity contribution in [2.24, 2.45) is 0 Å². The van der Waals surface area contributed by atoms with Crippen molar-refractivity contribution in [2.75, 3.05) is 57.6 Å². The molecule has 1 aromatic rings. The minimum atomic E-state index is 0.810. The Bertz CT molecular complexity index is 369. The molecule has 1 saturated heterocycles. The van der Waals surface area contributed by atoms with Crippen molar-refractivity contribution in [1.82, 2.24) is 14.9 Å². The van der Waals surface area contributed by atoms with Crippen LogP contribution in [0.4, 0.5) is 5.82 Å². The highest BCUT2D eigenvalue weighted by molar-refractivity contribution is 7.98. The van der Waals surface area contributed by atoms with Gasteiger partial charge in [0.1, 0.15) is 5.82 Å². The van der Waals surface area contributed by atoms with Crippen LogP contribution in [0.1, 0.15) is 0 Å². The van der Waals surface area contributed by atoms with E-state index in [9.17, 15) is 0 Å². The Kier molecular flexibility index (Phi) is 5.22. The summed E-state index contributed by atoms with van der Waals surface area (Å²) < 4.78 is 5.11. The monoisotopic (exact) mass is 268 g/mol. The fraction of sp³-hybridized carbons (Fsp3) is 0.667. The second-order valence-corrected chi connectivity index (χ2v) is 5.00. The first-order valence-corrected chi connectivity index (χ1v) is 7.39. The van der Waals surface area contributed by atoms with Crippen LogP contribution in [-0.4, -0.2) is 67.6 Å². The summed E-state index contributed by atoms with van der Waals surface area (Å²) in [7, 11) is 1.75. The molecule has 5 nitrogen and oxygen atoms in total. The Hall–Kier alpha value is -0.850. The van der Waals surface area contributed by atoms with E-state index < -0.39 is 0 Å². The molecule has 0 radical (unpaired) electrons. The van der Waals surface area contributed by atoms with Crippen LogP contribution in [-0.2, 0) is 4.74 Å². The van der Waals surface area contributed by atoms with E-state index >= 15 is 0 Å². The predicted octanol–water partition coefficient (Wildman–Crippen LogP) is 0.967. The van der Waals surface area contributed by atoms with E-state index in [1.54, 1.807) is 18.9 Å². The van der Waals surface area contributed by atoms with Crippen molar-refractivity contribution in [1.29, 1.82) is 0 Å². The van der Waals surface area contributed by atoms with Crippen molar-refractivity contribution in [3.8, 4) is 0 Å². The molecule has 0 unspecified atom stereocenters. The van der Waals surface area contributed by atoms with Gasteiger partial charge in [0.15, 0.2) is 5.16 Å². The number of thioether (sulfide) groups is 1. The third-order valence-corrected chi connectivity index (χ3v) is 3.67. The van der Waals surface area contributed by atoms with E-state index in [0.717, 1.165) is 50.3 Å². The van der Waals surface area contributed by atoms with Gasteiger partial charge in [0, 0.05) is 46.0 Å². The number of aromatic nitrogens is 2. The van der Waals surface area contributed by atoms with E-state index in [0.29, 0.717) is 0 Å². The van der Waals surface area contributed by atoms with Crippen molar-refractivity contribution in [2.45, 2.75) is 5.16 Å². The molecule has 1 fully saturated rings. The number of nitrogens with zero attached hydrogens (tertiary/aromatic N) is 4. The Morgan fingerprint density at radius 1 is 1.33 bits per heavy atom. The second-order valence-electron chi connectivity index (χ2n) is 4.22. The van der Waals surface area contributed by atoms with E-state index in [-0.39, 0.29) is 0 Å². The highest BCUT2D eigenvalue weighted by Crippen LogP contribution is 2.16. The van der Waals surface area contributed by atoms with Crippen LogP contribution >= 0.6 is 11.8 Å². The number of piperazine rings is 1. The molecule has 0 spiro atoms. The molecule has 0 atom stereocenters. The summed E-state index contributed by atoms with van der Waals surface area (Å²) in [4.78, 5) is 13.5. The average Bonchev–Trinajstić information content (AvgIpc) is 2.46. The fourth-order valence-electron chi connectivity index (χ4n) is 2.03. The molecular weight excluding hydrogens is 248 g/mol. The second kappa shape index (κ2) is 6.92. The SMILES string of the molecule is COCCN1CCN(c2ccnc(SC)n2)CC1. The summed E-state index contributed by atoms with van der Waals surface area (Å²) in [5.74, 6) is 1.04. The molecule has 2 rings (SSSR count). The lowest BCUT2D eigenvalue weighted by Gasteiger charge is -2.35. The molecule has 100 valence electrons. The summed E-state index contributed by atoms with van der Waals surface area (Å²) in [6.45, 7) is 6.02. The molecule has 0 bridgehead atoms. The van der Waals surface area contributed by atoms with Gasteiger partial charge in [-0.2, -0.15) is 0 Å². The molecule has 0 aromatic carbocycles. The lowest BCUT2D eigenvalue weighted by atomic mass is 10.3. The first-order chi connectivity index (χ1) is 8.83. The summed E-state index contributed by atoms with van der Waals surface area (Å²) >= 11 is 1.58. The molecule has 1 aliphatic heterocycles. The molecule has 0 aliphatic carbocycles. The molecular formula is C12H20N4OS. The molecule has 2 heterocycles.